The summed E-state index contributed by atoms with van der Waals surface area (Å²) in [5, 5.41) is 17.0. The molecule has 2 amide bonds. The minimum Gasteiger partial charge on any atom is -0.480 e. The van der Waals surface area contributed by atoms with Gasteiger partial charge in [-0.05, 0) is 52.4 Å². The summed E-state index contributed by atoms with van der Waals surface area (Å²) in [6, 6.07) is -1.12. The highest BCUT2D eigenvalue weighted by molar-refractivity contribution is 5.91. The third kappa shape index (κ3) is 10.7. The molecular formula is C17H34N4O4. The molecule has 0 aromatic rings. The molecule has 0 saturated carbocycles. The zero-order valence-corrected chi connectivity index (χ0v) is 16.1. The third-order valence-electron chi connectivity index (χ3n) is 3.77. The number of amides is 2. The fourth-order valence-corrected chi connectivity index (χ4v) is 2.44. The van der Waals surface area contributed by atoms with Crippen LogP contribution in [-0.4, -0.2) is 73.6 Å². The van der Waals surface area contributed by atoms with Gasteiger partial charge in [-0.1, -0.05) is 20.8 Å². The molecule has 0 aliphatic rings. The maximum Gasteiger partial charge on any atom is 0.322 e. The van der Waals surface area contributed by atoms with Crippen molar-refractivity contribution in [1.82, 2.24) is 20.9 Å². The van der Waals surface area contributed by atoms with Gasteiger partial charge in [-0.2, -0.15) is 0 Å². The highest BCUT2D eigenvalue weighted by atomic mass is 16.4. The molecule has 25 heavy (non-hydrogen) atoms. The molecule has 0 aromatic carbocycles. The molecule has 0 saturated heterocycles. The van der Waals surface area contributed by atoms with Gasteiger partial charge in [0.2, 0.25) is 11.8 Å². The molecule has 0 aliphatic carbocycles. The number of carbonyl (C=O) groups is 3. The van der Waals surface area contributed by atoms with E-state index in [1.165, 1.54) is 0 Å². The molecule has 8 nitrogen and oxygen atoms in total. The Morgan fingerprint density at radius 2 is 1.72 bits per heavy atom. The monoisotopic (exact) mass is 358 g/mol. The first-order valence-electron chi connectivity index (χ1n) is 8.87. The predicted molar refractivity (Wildman–Crippen MR) is 97.3 cm³/mol. The molecule has 0 rings (SSSR count). The van der Waals surface area contributed by atoms with E-state index in [2.05, 4.69) is 20.9 Å². The molecule has 0 bridgehead atoms. The number of carboxylic acid groups (broad SMARTS) is 1. The predicted octanol–water partition coefficient (Wildman–Crippen LogP) is 0.0380. The van der Waals surface area contributed by atoms with Gasteiger partial charge in [-0.25, -0.2) is 0 Å². The van der Waals surface area contributed by atoms with Crippen LogP contribution in [0.25, 0.3) is 0 Å². The number of nitrogens with one attached hydrogen (secondary N) is 3. The van der Waals surface area contributed by atoms with Crippen molar-refractivity contribution in [3.63, 3.8) is 0 Å². The maximum absolute atomic E-state index is 12.5. The molecule has 146 valence electrons. The molecule has 2 atom stereocenters. The van der Waals surface area contributed by atoms with Crippen molar-refractivity contribution >= 4 is 17.8 Å². The zero-order valence-electron chi connectivity index (χ0n) is 16.1. The van der Waals surface area contributed by atoms with Gasteiger partial charge in [0.15, 0.2) is 0 Å². The summed E-state index contributed by atoms with van der Waals surface area (Å²) < 4.78 is 0. The van der Waals surface area contributed by atoms with Crippen molar-refractivity contribution < 1.29 is 19.5 Å². The lowest BCUT2D eigenvalue weighted by Gasteiger charge is -2.25. The van der Waals surface area contributed by atoms with Gasteiger partial charge in [-0.15, -0.1) is 0 Å². The number of aliphatic carboxylic acids is 1. The first kappa shape index (κ1) is 23.3. The average molecular weight is 358 g/mol. The first-order chi connectivity index (χ1) is 11.7. The largest absolute Gasteiger partial charge is 0.480 e. The van der Waals surface area contributed by atoms with Crippen LogP contribution in [-0.2, 0) is 14.4 Å². The Bertz CT molecular complexity index is 427. The van der Waals surface area contributed by atoms with Crippen LogP contribution in [0.15, 0.2) is 0 Å². The summed E-state index contributed by atoms with van der Waals surface area (Å²) in [6.45, 7) is 6.87. The van der Waals surface area contributed by atoms with Crippen molar-refractivity contribution in [2.45, 2.75) is 52.1 Å². The minimum atomic E-state index is -1.11. The van der Waals surface area contributed by atoms with E-state index in [0.29, 0.717) is 13.0 Å². The van der Waals surface area contributed by atoms with Gasteiger partial charge in [0.25, 0.3) is 0 Å². The van der Waals surface area contributed by atoms with Gasteiger partial charge < -0.3 is 26.0 Å². The summed E-state index contributed by atoms with van der Waals surface area (Å²) in [5.74, 6) is -1.73. The van der Waals surface area contributed by atoms with E-state index in [0.717, 1.165) is 19.4 Å². The van der Waals surface area contributed by atoms with Crippen LogP contribution in [0, 0.1) is 5.92 Å². The second kappa shape index (κ2) is 12.7. The second-order valence-corrected chi connectivity index (χ2v) is 6.75. The fraction of sp³-hybridized carbons (Fsp3) is 0.824. The van der Waals surface area contributed by atoms with Crippen LogP contribution in [0.4, 0.5) is 0 Å². The molecule has 8 heteroatoms. The number of nitrogens with zero attached hydrogens (tertiary/aromatic N) is 1. The van der Waals surface area contributed by atoms with Crippen LogP contribution in [0.3, 0.4) is 0 Å². The van der Waals surface area contributed by atoms with Crippen molar-refractivity contribution in [3.8, 4) is 0 Å². The van der Waals surface area contributed by atoms with Crippen LogP contribution >= 0.6 is 0 Å². The molecule has 0 radical (unpaired) electrons. The summed E-state index contributed by atoms with van der Waals surface area (Å²) in [5.41, 5.74) is 0. The Morgan fingerprint density at radius 3 is 2.20 bits per heavy atom. The highest BCUT2D eigenvalue weighted by Gasteiger charge is 2.26. The van der Waals surface area contributed by atoms with Crippen molar-refractivity contribution in [3.05, 3.63) is 0 Å². The molecule has 0 spiro atoms. The van der Waals surface area contributed by atoms with Crippen molar-refractivity contribution in [1.29, 1.82) is 0 Å². The van der Waals surface area contributed by atoms with E-state index >= 15 is 0 Å². The van der Waals surface area contributed by atoms with E-state index in [-0.39, 0.29) is 17.9 Å². The number of rotatable bonds is 13. The standard InChI is InChI=1S/C17H34N4O4/c1-6-18-15(12(2)3)17(25)20-13(9-7-8-10-21(4)5)16(24)19-11-14(22)23/h12-13,15,18H,6-11H2,1-5H3,(H,19,24)(H,20,25)(H,22,23)/t13-,15-/m0/s1. The Hall–Kier alpha value is -1.67. The van der Waals surface area contributed by atoms with Gasteiger partial charge in [0.1, 0.15) is 12.6 Å². The Balaban J connectivity index is 4.81. The van der Waals surface area contributed by atoms with Gasteiger partial charge in [0, 0.05) is 0 Å². The number of hydrogen-bond donors (Lipinski definition) is 4. The van der Waals surface area contributed by atoms with Crippen LogP contribution < -0.4 is 16.0 Å². The Morgan fingerprint density at radius 1 is 1.08 bits per heavy atom. The third-order valence-corrected chi connectivity index (χ3v) is 3.77. The van der Waals surface area contributed by atoms with Crippen LogP contribution in [0.1, 0.15) is 40.0 Å². The van der Waals surface area contributed by atoms with Crippen LogP contribution in [0.5, 0.6) is 0 Å². The Labute approximate surface area is 150 Å². The van der Waals surface area contributed by atoms with Crippen LogP contribution in [0.2, 0.25) is 0 Å². The number of likely N-dealkylation sites (N-methyl/N-ethyl adjacent to an activating group) is 1. The summed E-state index contributed by atoms with van der Waals surface area (Å²) in [7, 11) is 3.95. The lowest BCUT2D eigenvalue weighted by Crippen LogP contribution is -2.54. The maximum atomic E-state index is 12.5. The van der Waals surface area contributed by atoms with Gasteiger partial charge >= 0.3 is 5.97 Å². The molecule has 0 aromatic heterocycles. The number of carboxylic acids is 1. The topological polar surface area (TPSA) is 111 Å². The van der Waals surface area contributed by atoms with E-state index in [1.54, 1.807) is 0 Å². The van der Waals surface area contributed by atoms with E-state index < -0.39 is 24.5 Å². The lowest BCUT2D eigenvalue weighted by atomic mass is 10.0. The summed E-state index contributed by atoms with van der Waals surface area (Å²) in [4.78, 5) is 37.4. The smallest absolute Gasteiger partial charge is 0.322 e. The molecule has 0 heterocycles. The normalized spacial score (nSPS) is 13.6. The minimum absolute atomic E-state index is 0.0800. The van der Waals surface area contributed by atoms with E-state index in [9.17, 15) is 14.4 Å². The number of unbranched alkanes of at least 4 members (excludes halogenated alkanes) is 1. The molecule has 4 N–H and O–H groups in total. The van der Waals surface area contributed by atoms with Gasteiger partial charge in [-0.3, -0.25) is 14.4 Å². The average Bonchev–Trinajstić information content (AvgIpc) is 2.52. The second-order valence-electron chi connectivity index (χ2n) is 6.75. The van der Waals surface area contributed by atoms with Gasteiger partial charge in [0.05, 0.1) is 6.04 Å². The molecule has 0 fully saturated rings. The fourth-order valence-electron chi connectivity index (χ4n) is 2.44. The summed E-state index contributed by atoms with van der Waals surface area (Å²) >= 11 is 0. The first-order valence-corrected chi connectivity index (χ1v) is 8.87. The highest BCUT2D eigenvalue weighted by Crippen LogP contribution is 2.06. The van der Waals surface area contributed by atoms with Crippen molar-refractivity contribution in [2.75, 3.05) is 33.7 Å². The lowest BCUT2D eigenvalue weighted by molar-refractivity contribution is -0.138. The quantitative estimate of drug-likeness (QED) is 0.346. The molecule has 0 unspecified atom stereocenters. The summed E-state index contributed by atoms with van der Waals surface area (Å²) in [6.07, 6.45) is 2.13. The van der Waals surface area contributed by atoms with E-state index in [4.69, 9.17) is 5.11 Å². The Kier molecular flexibility index (Phi) is 11.8. The van der Waals surface area contributed by atoms with E-state index in [1.807, 2.05) is 34.9 Å². The molecular weight excluding hydrogens is 324 g/mol. The van der Waals surface area contributed by atoms with Crippen molar-refractivity contribution in [2.24, 2.45) is 5.92 Å². The zero-order chi connectivity index (χ0) is 19.4. The number of hydrogen-bond acceptors (Lipinski definition) is 5. The SMILES string of the molecule is CCN[C@H](C(=O)N[C@@H](CCCCN(C)C)C(=O)NCC(=O)O)C(C)C. The molecule has 0 aliphatic heterocycles. The number of carbonyl (C=O) groups excluding carboxylic acids is 2.